The topological polar surface area (TPSA) is 203 Å². The lowest BCUT2D eigenvalue weighted by Gasteiger charge is -2.01. The van der Waals surface area contributed by atoms with E-state index in [1.54, 1.807) is 0 Å². The molecule has 0 aromatic rings. The Morgan fingerprint density at radius 3 is 0.800 bits per heavy atom. The zero-order valence-corrected chi connectivity index (χ0v) is 26.5. The van der Waals surface area contributed by atoms with E-state index in [2.05, 4.69) is 23.8 Å². The van der Waals surface area contributed by atoms with Crippen molar-refractivity contribution in [2.75, 3.05) is 13.1 Å². The molecule has 10 heteroatoms. The van der Waals surface area contributed by atoms with Crippen LogP contribution in [-0.4, -0.2) is 47.2 Å². The predicted octanol–water partition coefficient (Wildman–Crippen LogP) is 6.54. The third-order valence-electron chi connectivity index (χ3n) is 5.61. The SMILES string of the molecule is CC(=O)O.CC(=O)O.CCCCCCCCCCCCN=C(N)N.CCCCCCCCCCCCN=C(N)N. The summed E-state index contributed by atoms with van der Waals surface area (Å²) in [6, 6.07) is 0. The molecule has 0 saturated heterocycles. The molecule has 0 aliphatic carbocycles. The number of aliphatic imine (C=N–C) groups is 2. The van der Waals surface area contributed by atoms with Crippen molar-refractivity contribution in [2.24, 2.45) is 32.9 Å². The first kappa shape index (κ1) is 44.5. The molecule has 40 heavy (non-hydrogen) atoms. The van der Waals surface area contributed by atoms with Crippen molar-refractivity contribution in [1.29, 1.82) is 0 Å². The van der Waals surface area contributed by atoms with E-state index < -0.39 is 11.9 Å². The van der Waals surface area contributed by atoms with Crippen LogP contribution in [0.2, 0.25) is 0 Å². The van der Waals surface area contributed by atoms with Crippen molar-refractivity contribution >= 4 is 23.9 Å². The van der Waals surface area contributed by atoms with E-state index in [4.69, 9.17) is 42.7 Å². The van der Waals surface area contributed by atoms with Gasteiger partial charge in [-0.05, 0) is 12.8 Å². The van der Waals surface area contributed by atoms with Crippen LogP contribution in [0.4, 0.5) is 0 Å². The summed E-state index contributed by atoms with van der Waals surface area (Å²) in [6.45, 7) is 8.27. The maximum Gasteiger partial charge on any atom is 0.300 e. The molecule has 240 valence electrons. The van der Waals surface area contributed by atoms with Gasteiger partial charge in [0.25, 0.3) is 11.9 Å². The van der Waals surface area contributed by atoms with E-state index in [1.165, 1.54) is 116 Å². The van der Waals surface area contributed by atoms with E-state index in [0.29, 0.717) is 0 Å². The van der Waals surface area contributed by atoms with E-state index >= 15 is 0 Å². The van der Waals surface area contributed by atoms with Crippen LogP contribution < -0.4 is 22.9 Å². The third kappa shape index (κ3) is 76.5. The average Bonchev–Trinajstić information content (AvgIpc) is 2.85. The van der Waals surface area contributed by atoms with Crippen molar-refractivity contribution in [3.05, 3.63) is 0 Å². The lowest BCUT2D eigenvalue weighted by molar-refractivity contribution is -0.135. The quantitative estimate of drug-likeness (QED) is 0.0474. The Bertz CT molecular complexity index is 521. The number of rotatable bonds is 22. The maximum absolute atomic E-state index is 9.00. The molecule has 0 heterocycles. The highest BCUT2D eigenvalue weighted by Crippen LogP contribution is 2.11. The molecule has 0 spiro atoms. The van der Waals surface area contributed by atoms with Gasteiger partial charge >= 0.3 is 0 Å². The minimum atomic E-state index is -0.833. The summed E-state index contributed by atoms with van der Waals surface area (Å²) < 4.78 is 0. The average molecular weight is 575 g/mol. The van der Waals surface area contributed by atoms with Crippen molar-refractivity contribution < 1.29 is 19.8 Å². The molecule has 0 bridgehead atoms. The molecule has 10 N–H and O–H groups in total. The Morgan fingerprint density at radius 2 is 0.625 bits per heavy atom. The van der Waals surface area contributed by atoms with Gasteiger partial charge in [0.15, 0.2) is 11.9 Å². The first-order valence-corrected chi connectivity index (χ1v) is 15.5. The van der Waals surface area contributed by atoms with Gasteiger partial charge in [0, 0.05) is 26.9 Å². The summed E-state index contributed by atoms with van der Waals surface area (Å²) in [7, 11) is 0. The highest BCUT2D eigenvalue weighted by atomic mass is 16.4. The van der Waals surface area contributed by atoms with Gasteiger partial charge in [0.1, 0.15) is 0 Å². The smallest absolute Gasteiger partial charge is 0.300 e. The summed E-state index contributed by atoms with van der Waals surface area (Å²) in [5, 5.41) is 14.8. The minimum absolute atomic E-state index is 0.218. The molecule has 0 atom stereocenters. The van der Waals surface area contributed by atoms with Gasteiger partial charge in [-0.25, -0.2) is 0 Å². The van der Waals surface area contributed by atoms with Crippen LogP contribution in [0.3, 0.4) is 0 Å². The molecule has 0 aromatic heterocycles. The van der Waals surface area contributed by atoms with Crippen molar-refractivity contribution in [3.63, 3.8) is 0 Å². The fraction of sp³-hybridized carbons (Fsp3) is 0.867. The predicted molar refractivity (Wildman–Crippen MR) is 172 cm³/mol. The highest BCUT2D eigenvalue weighted by molar-refractivity contribution is 5.75. The fourth-order valence-electron chi connectivity index (χ4n) is 3.61. The molecule has 0 fully saturated rings. The van der Waals surface area contributed by atoms with E-state index in [0.717, 1.165) is 39.8 Å². The maximum atomic E-state index is 9.00. The van der Waals surface area contributed by atoms with Crippen molar-refractivity contribution in [3.8, 4) is 0 Å². The zero-order chi connectivity index (χ0) is 31.3. The van der Waals surface area contributed by atoms with Crippen LogP contribution in [0, 0.1) is 0 Å². The zero-order valence-electron chi connectivity index (χ0n) is 26.5. The number of guanidine groups is 2. The normalized spacial score (nSPS) is 9.50. The second kappa shape index (κ2) is 41.0. The van der Waals surface area contributed by atoms with Crippen LogP contribution in [0.25, 0.3) is 0 Å². The van der Waals surface area contributed by atoms with E-state index in [9.17, 15) is 0 Å². The monoisotopic (exact) mass is 575 g/mol. The summed E-state index contributed by atoms with van der Waals surface area (Å²) in [5.74, 6) is -1.23. The van der Waals surface area contributed by atoms with Crippen LogP contribution in [0.5, 0.6) is 0 Å². The van der Waals surface area contributed by atoms with Crippen LogP contribution in [0.1, 0.15) is 156 Å². The number of carbonyl (C=O) groups is 2. The number of carboxylic acids is 2. The molecule has 0 aliphatic heterocycles. The second-order valence-corrected chi connectivity index (χ2v) is 10.0. The molecular formula is C30H66N6O4. The second-order valence-electron chi connectivity index (χ2n) is 10.0. The molecule has 10 nitrogen and oxygen atoms in total. The Hall–Kier alpha value is -2.52. The molecule has 0 radical (unpaired) electrons. The molecule has 0 aliphatic rings. The minimum Gasteiger partial charge on any atom is -0.481 e. The first-order valence-electron chi connectivity index (χ1n) is 15.5. The standard InChI is InChI=1S/2C13H29N3.2C2H4O2/c2*1-2-3-4-5-6-7-8-9-10-11-12-16-13(14)15;2*1-2(3)4/h2*2-12H2,1H3,(H4,14,15,16);2*1H3,(H,3,4). The van der Waals surface area contributed by atoms with Gasteiger partial charge < -0.3 is 33.1 Å². The summed E-state index contributed by atoms with van der Waals surface area (Å²) in [6.07, 6.45) is 26.9. The van der Waals surface area contributed by atoms with Gasteiger partial charge in [-0.2, -0.15) is 0 Å². The van der Waals surface area contributed by atoms with Crippen LogP contribution in [0.15, 0.2) is 9.98 Å². The third-order valence-corrected chi connectivity index (χ3v) is 5.61. The highest BCUT2D eigenvalue weighted by Gasteiger charge is 1.93. The number of hydrogen-bond donors (Lipinski definition) is 6. The van der Waals surface area contributed by atoms with Gasteiger partial charge in [0.05, 0.1) is 0 Å². The number of nitrogens with two attached hydrogens (primary N) is 4. The molecule has 0 unspecified atom stereocenters. The number of unbranched alkanes of at least 4 members (excludes halogenated alkanes) is 18. The lowest BCUT2D eigenvalue weighted by Crippen LogP contribution is -2.22. The Kier molecular flexibility index (Phi) is 45.6. The molecular weight excluding hydrogens is 508 g/mol. The van der Waals surface area contributed by atoms with Crippen LogP contribution >= 0.6 is 0 Å². The largest absolute Gasteiger partial charge is 0.481 e. The Morgan fingerprint density at radius 1 is 0.450 bits per heavy atom. The molecule has 0 saturated carbocycles. The lowest BCUT2D eigenvalue weighted by atomic mass is 10.1. The molecule has 0 amide bonds. The Labute approximate surface area is 245 Å². The van der Waals surface area contributed by atoms with E-state index in [-0.39, 0.29) is 11.9 Å². The number of aliphatic carboxylic acids is 2. The molecule has 0 rings (SSSR count). The van der Waals surface area contributed by atoms with Gasteiger partial charge in [-0.15, -0.1) is 0 Å². The molecule has 0 aromatic carbocycles. The Balaban J connectivity index is -0.000000255. The number of hydrogen-bond acceptors (Lipinski definition) is 4. The summed E-state index contributed by atoms with van der Waals surface area (Å²) in [4.78, 5) is 25.9. The first-order chi connectivity index (χ1) is 19.0. The van der Waals surface area contributed by atoms with E-state index in [1.807, 2.05) is 0 Å². The van der Waals surface area contributed by atoms with Crippen LogP contribution in [-0.2, 0) is 9.59 Å². The summed E-state index contributed by atoms with van der Waals surface area (Å²) in [5.41, 5.74) is 21.0. The number of nitrogens with zero attached hydrogens (tertiary/aromatic N) is 2. The fourth-order valence-corrected chi connectivity index (χ4v) is 3.61. The number of carboxylic acid groups (broad SMARTS) is 2. The van der Waals surface area contributed by atoms with Crippen molar-refractivity contribution in [1.82, 2.24) is 0 Å². The van der Waals surface area contributed by atoms with Crippen molar-refractivity contribution in [2.45, 2.75) is 156 Å². The van der Waals surface area contributed by atoms with Gasteiger partial charge in [0.2, 0.25) is 0 Å². The van der Waals surface area contributed by atoms with Gasteiger partial charge in [-0.3, -0.25) is 19.6 Å². The summed E-state index contributed by atoms with van der Waals surface area (Å²) >= 11 is 0. The van der Waals surface area contributed by atoms with Gasteiger partial charge in [-0.1, -0.05) is 129 Å².